The standard InChI is InChI=1S/C11H9BrClN3O2S/c1-16-10(7-4-6(13)2-3-8(7)12)14-15-11(16)19-5-9(17)18/h2-4H,5H2,1H3,(H,17,18). The van der Waals surface area contributed by atoms with Crippen LogP contribution in [0.4, 0.5) is 0 Å². The highest BCUT2D eigenvalue weighted by molar-refractivity contribution is 9.10. The molecule has 0 aliphatic rings. The molecule has 0 bridgehead atoms. The molecule has 0 atom stereocenters. The number of carboxylic acid groups (broad SMARTS) is 1. The Morgan fingerprint density at radius 1 is 1.53 bits per heavy atom. The van der Waals surface area contributed by atoms with Gasteiger partial charge in [-0.15, -0.1) is 10.2 Å². The first kappa shape index (κ1) is 14.4. The molecule has 0 saturated heterocycles. The molecule has 2 rings (SSSR count). The van der Waals surface area contributed by atoms with Crippen LogP contribution in [-0.2, 0) is 11.8 Å². The Kier molecular flexibility index (Phi) is 4.49. The number of hydrogen-bond acceptors (Lipinski definition) is 4. The molecule has 19 heavy (non-hydrogen) atoms. The van der Waals surface area contributed by atoms with Crippen LogP contribution < -0.4 is 0 Å². The van der Waals surface area contributed by atoms with Gasteiger partial charge in [0.1, 0.15) is 0 Å². The number of nitrogens with zero attached hydrogens (tertiary/aromatic N) is 3. The quantitative estimate of drug-likeness (QED) is 0.847. The molecule has 1 heterocycles. The van der Waals surface area contributed by atoms with E-state index in [1.54, 1.807) is 23.7 Å². The van der Waals surface area contributed by atoms with E-state index >= 15 is 0 Å². The first-order valence-electron chi connectivity index (χ1n) is 5.18. The lowest BCUT2D eigenvalue weighted by molar-refractivity contribution is -0.133. The molecule has 5 nitrogen and oxygen atoms in total. The maximum absolute atomic E-state index is 10.6. The predicted octanol–water partition coefficient (Wildman–Crippen LogP) is 3.07. The van der Waals surface area contributed by atoms with Gasteiger partial charge in [-0.25, -0.2) is 0 Å². The monoisotopic (exact) mass is 361 g/mol. The van der Waals surface area contributed by atoms with E-state index in [0.717, 1.165) is 21.8 Å². The van der Waals surface area contributed by atoms with Gasteiger partial charge in [0.2, 0.25) is 0 Å². The fraction of sp³-hybridized carbons (Fsp3) is 0.182. The average molecular weight is 363 g/mol. The van der Waals surface area contributed by atoms with Gasteiger partial charge in [-0.05, 0) is 18.2 Å². The normalized spacial score (nSPS) is 10.7. The highest BCUT2D eigenvalue weighted by Crippen LogP contribution is 2.31. The molecule has 2 aromatic rings. The Balaban J connectivity index is 2.36. The number of hydrogen-bond donors (Lipinski definition) is 1. The Bertz CT molecular complexity index is 632. The number of carboxylic acids is 1. The van der Waals surface area contributed by atoms with E-state index in [1.165, 1.54) is 0 Å². The second-order valence-corrected chi connectivity index (χ2v) is 5.91. The van der Waals surface area contributed by atoms with Crippen LogP contribution in [0.5, 0.6) is 0 Å². The molecule has 1 aromatic carbocycles. The fourth-order valence-electron chi connectivity index (χ4n) is 1.47. The van der Waals surface area contributed by atoms with Crippen molar-refractivity contribution in [3.63, 3.8) is 0 Å². The molecule has 100 valence electrons. The minimum Gasteiger partial charge on any atom is -0.481 e. The number of carbonyl (C=O) groups is 1. The minimum atomic E-state index is -0.890. The zero-order valence-corrected chi connectivity index (χ0v) is 13.0. The van der Waals surface area contributed by atoms with Gasteiger partial charge in [0, 0.05) is 22.1 Å². The summed E-state index contributed by atoms with van der Waals surface area (Å²) in [7, 11) is 1.78. The molecule has 0 unspecified atom stereocenters. The summed E-state index contributed by atoms with van der Waals surface area (Å²) in [5.41, 5.74) is 0.810. The van der Waals surface area contributed by atoms with E-state index in [1.807, 2.05) is 6.07 Å². The Labute approximate surface area is 127 Å². The van der Waals surface area contributed by atoms with Crippen molar-refractivity contribution in [3.8, 4) is 11.4 Å². The van der Waals surface area contributed by atoms with Crippen molar-refractivity contribution in [1.82, 2.24) is 14.8 Å². The number of thioether (sulfide) groups is 1. The first-order valence-corrected chi connectivity index (χ1v) is 7.34. The molecule has 0 spiro atoms. The molecule has 0 radical (unpaired) electrons. The second kappa shape index (κ2) is 5.94. The topological polar surface area (TPSA) is 68.0 Å². The first-order chi connectivity index (χ1) is 8.99. The van der Waals surface area contributed by atoms with Crippen molar-refractivity contribution >= 4 is 45.3 Å². The molecule has 1 aromatic heterocycles. The van der Waals surface area contributed by atoms with E-state index in [9.17, 15) is 4.79 Å². The Morgan fingerprint density at radius 3 is 2.95 bits per heavy atom. The van der Waals surface area contributed by atoms with Gasteiger partial charge in [0.15, 0.2) is 11.0 Å². The smallest absolute Gasteiger partial charge is 0.313 e. The Hall–Kier alpha value is -1.05. The van der Waals surface area contributed by atoms with Crippen LogP contribution in [0.3, 0.4) is 0 Å². The third kappa shape index (κ3) is 3.29. The van der Waals surface area contributed by atoms with Crippen LogP contribution in [-0.4, -0.2) is 31.6 Å². The summed E-state index contributed by atoms with van der Waals surface area (Å²) in [6.45, 7) is 0. The summed E-state index contributed by atoms with van der Waals surface area (Å²) in [4.78, 5) is 10.6. The fourth-order valence-corrected chi connectivity index (χ4v) is 2.70. The van der Waals surface area contributed by atoms with Crippen LogP contribution >= 0.6 is 39.3 Å². The van der Waals surface area contributed by atoms with Crippen LogP contribution in [0.25, 0.3) is 11.4 Å². The van der Waals surface area contributed by atoms with Crippen molar-refractivity contribution < 1.29 is 9.90 Å². The number of aliphatic carboxylic acids is 1. The summed E-state index contributed by atoms with van der Waals surface area (Å²) in [6.07, 6.45) is 0. The summed E-state index contributed by atoms with van der Waals surface area (Å²) in [6, 6.07) is 5.38. The van der Waals surface area contributed by atoms with E-state index in [-0.39, 0.29) is 5.75 Å². The summed E-state index contributed by atoms with van der Waals surface area (Å²) in [5, 5.41) is 17.9. The lowest BCUT2D eigenvalue weighted by Crippen LogP contribution is -2.01. The van der Waals surface area contributed by atoms with Crippen LogP contribution in [0.15, 0.2) is 27.8 Å². The van der Waals surface area contributed by atoms with Gasteiger partial charge < -0.3 is 9.67 Å². The lowest BCUT2D eigenvalue weighted by Gasteiger charge is -2.05. The highest BCUT2D eigenvalue weighted by Gasteiger charge is 2.15. The van der Waals surface area contributed by atoms with Crippen molar-refractivity contribution in [2.45, 2.75) is 5.16 Å². The molecule has 0 saturated carbocycles. The zero-order valence-electron chi connectivity index (χ0n) is 9.80. The van der Waals surface area contributed by atoms with Crippen LogP contribution in [0, 0.1) is 0 Å². The third-order valence-corrected chi connectivity index (χ3v) is 4.26. The maximum atomic E-state index is 10.6. The van der Waals surface area contributed by atoms with E-state index in [4.69, 9.17) is 16.7 Å². The molecule has 8 heteroatoms. The SMILES string of the molecule is Cn1c(SCC(=O)O)nnc1-c1cc(Cl)ccc1Br. The van der Waals surface area contributed by atoms with Crippen LogP contribution in [0.2, 0.25) is 5.02 Å². The van der Waals surface area contributed by atoms with Gasteiger partial charge in [0.25, 0.3) is 0 Å². The van der Waals surface area contributed by atoms with Gasteiger partial charge in [-0.2, -0.15) is 0 Å². The van der Waals surface area contributed by atoms with Gasteiger partial charge in [-0.3, -0.25) is 4.79 Å². The molecule has 0 fully saturated rings. The van der Waals surface area contributed by atoms with E-state index in [2.05, 4.69) is 26.1 Å². The third-order valence-electron chi connectivity index (χ3n) is 2.33. The molecule has 1 N–H and O–H groups in total. The van der Waals surface area contributed by atoms with Crippen molar-refractivity contribution in [2.75, 3.05) is 5.75 Å². The van der Waals surface area contributed by atoms with Crippen molar-refractivity contribution in [2.24, 2.45) is 7.05 Å². The number of halogens is 2. The van der Waals surface area contributed by atoms with Gasteiger partial charge in [-0.1, -0.05) is 39.3 Å². The van der Waals surface area contributed by atoms with E-state index < -0.39 is 5.97 Å². The molecule has 0 aliphatic carbocycles. The second-order valence-electron chi connectivity index (χ2n) is 3.67. The maximum Gasteiger partial charge on any atom is 0.313 e. The summed E-state index contributed by atoms with van der Waals surface area (Å²) >= 11 is 10.5. The minimum absolute atomic E-state index is 0.0529. The molecular formula is C11H9BrClN3O2S. The molecular weight excluding hydrogens is 354 g/mol. The lowest BCUT2D eigenvalue weighted by atomic mass is 10.2. The summed E-state index contributed by atoms with van der Waals surface area (Å²) < 4.78 is 2.59. The van der Waals surface area contributed by atoms with Crippen molar-refractivity contribution in [3.05, 3.63) is 27.7 Å². The zero-order chi connectivity index (χ0) is 14.0. The Morgan fingerprint density at radius 2 is 2.26 bits per heavy atom. The molecule has 0 aliphatic heterocycles. The molecule has 0 amide bonds. The van der Waals surface area contributed by atoms with E-state index in [0.29, 0.717) is 16.0 Å². The average Bonchev–Trinajstić information content (AvgIpc) is 2.71. The number of benzene rings is 1. The summed E-state index contributed by atoms with van der Waals surface area (Å²) in [5.74, 6) is -0.316. The van der Waals surface area contributed by atoms with Gasteiger partial charge >= 0.3 is 5.97 Å². The highest BCUT2D eigenvalue weighted by atomic mass is 79.9. The predicted molar refractivity (Wildman–Crippen MR) is 77.5 cm³/mol. The number of rotatable bonds is 4. The number of aromatic nitrogens is 3. The van der Waals surface area contributed by atoms with Gasteiger partial charge in [0.05, 0.1) is 5.75 Å². The largest absolute Gasteiger partial charge is 0.481 e. The van der Waals surface area contributed by atoms with Crippen LogP contribution in [0.1, 0.15) is 0 Å². The van der Waals surface area contributed by atoms with Crippen molar-refractivity contribution in [1.29, 1.82) is 0 Å².